The molecule has 0 radical (unpaired) electrons. The second kappa shape index (κ2) is 11.2. The van der Waals surface area contributed by atoms with Crippen LogP contribution < -0.4 is 0 Å². The zero-order valence-electron chi connectivity index (χ0n) is 16.1. The number of rotatable bonds is 13. The van der Waals surface area contributed by atoms with Crippen LogP contribution in [0.5, 0.6) is 0 Å². The van der Waals surface area contributed by atoms with Gasteiger partial charge in [0.05, 0.1) is 10.6 Å². The molecule has 144 valence electrons. The standard InChI is InChI=1S/C22H33NO2S/c1-21-13-15-22(16-14-21)26(24,25)20-12-8-6-4-2-3-5-7-9-17-23-18-10-11-19-23/h10-11,13-16,18-19H,2-9,12,17,20H2,1H3. The van der Waals surface area contributed by atoms with E-state index in [1.54, 1.807) is 12.1 Å². The number of nitrogens with zero attached hydrogens (tertiary/aromatic N) is 1. The Morgan fingerprint density at radius 1 is 0.731 bits per heavy atom. The van der Waals surface area contributed by atoms with Crippen LogP contribution in [-0.4, -0.2) is 18.7 Å². The van der Waals surface area contributed by atoms with Gasteiger partial charge in [-0.25, -0.2) is 8.42 Å². The van der Waals surface area contributed by atoms with E-state index < -0.39 is 9.84 Å². The van der Waals surface area contributed by atoms with Crippen molar-refractivity contribution in [1.29, 1.82) is 0 Å². The van der Waals surface area contributed by atoms with Crippen molar-refractivity contribution in [3.63, 3.8) is 0 Å². The summed E-state index contributed by atoms with van der Waals surface area (Å²) >= 11 is 0. The lowest BCUT2D eigenvalue weighted by molar-refractivity contribution is 0.538. The third kappa shape index (κ3) is 7.77. The summed E-state index contributed by atoms with van der Waals surface area (Å²) in [6, 6.07) is 11.3. The first-order chi connectivity index (χ1) is 12.6. The van der Waals surface area contributed by atoms with Gasteiger partial charge in [0.15, 0.2) is 9.84 Å². The minimum atomic E-state index is -3.11. The summed E-state index contributed by atoms with van der Waals surface area (Å²) in [4.78, 5) is 0.461. The van der Waals surface area contributed by atoms with Crippen molar-refractivity contribution in [3.8, 4) is 0 Å². The maximum Gasteiger partial charge on any atom is 0.178 e. The molecule has 3 nitrogen and oxygen atoms in total. The maximum atomic E-state index is 12.3. The molecule has 0 spiro atoms. The number of benzene rings is 1. The van der Waals surface area contributed by atoms with Crippen molar-refractivity contribution in [2.24, 2.45) is 0 Å². The van der Waals surface area contributed by atoms with Gasteiger partial charge in [-0.15, -0.1) is 0 Å². The van der Waals surface area contributed by atoms with Gasteiger partial charge < -0.3 is 4.57 Å². The van der Waals surface area contributed by atoms with Crippen LogP contribution in [0.3, 0.4) is 0 Å². The predicted octanol–water partition coefficient (Wildman–Crippen LogP) is 5.78. The highest BCUT2D eigenvalue weighted by molar-refractivity contribution is 7.91. The van der Waals surface area contributed by atoms with E-state index in [1.165, 1.54) is 38.5 Å². The highest BCUT2D eigenvalue weighted by atomic mass is 32.2. The van der Waals surface area contributed by atoms with Gasteiger partial charge in [-0.05, 0) is 44.0 Å². The highest BCUT2D eigenvalue weighted by Gasteiger charge is 2.13. The van der Waals surface area contributed by atoms with E-state index in [0.717, 1.165) is 31.4 Å². The summed E-state index contributed by atoms with van der Waals surface area (Å²) in [7, 11) is -3.11. The molecule has 0 unspecified atom stereocenters. The van der Waals surface area contributed by atoms with Crippen molar-refractivity contribution in [3.05, 3.63) is 54.4 Å². The summed E-state index contributed by atoms with van der Waals surface area (Å²) < 4.78 is 26.8. The molecule has 1 heterocycles. The molecule has 26 heavy (non-hydrogen) atoms. The molecule has 0 saturated carbocycles. The van der Waals surface area contributed by atoms with Crippen LogP contribution in [0, 0.1) is 6.92 Å². The van der Waals surface area contributed by atoms with Crippen LogP contribution in [-0.2, 0) is 16.4 Å². The molecular weight excluding hydrogens is 342 g/mol. The first kappa shape index (κ1) is 20.8. The number of hydrogen-bond donors (Lipinski definition) is 0. The predicted molar refractivity (Wildman–Crippen MR) is 109 cm³/mol. The van der Waals surface area contributed by atoms with Gasteiger partial charge in [0.2, 0.25) is 0 Å². The molecule has 0 bridgehead atoms. The fraction of sp³-hybridized carbons (Fsp3) is 0.545. The average Bonchev–Trinajstić information content (AvgIpc) is 3.13. The second-order valence-electron chi connectivity index (χ2n) is 7.23. The minimum absolute atomic E-state index is 0.273. The molecule has 0 aliphatic heterocycles. The molecule has 0 saturated heterocycles. The Bertz CT molecular complexity index is 703. The second-order valence-corrected chi connectivity index (χ2v) is 9.34. The van der Waals surface area contributed by atoms with Crippen LogP contribution in [0.25, 0.3) is 0 Å². The Hall–Kier alpha value is -1.55. The number of sulfone groups is 1. The van der Waals surface area contributed by atoms with E-state index in [4.69, 9.17) is 0 Å². The van der Waals surface area contributed by atoms with Gasteiger partial charge in [-0.3, -0.25) is 0 Å². The van der Waals surface area contributed by atoms with Crippen molar-refractivity contribution < 1.29 is 8.42 Å². The largest absolute Gasteiger partial charge is 0.354 e. The first-order valence-electron chi connectivity index (χ1n) is 9.98. The van der Waals surface area contributed by atoms with Crippen molar-refractivity contribution in [2.75, 3.05) is 5.75 Å². The zero-order chi connectivity index (χ0) is 18.7. The molecule has 0 atom stereocenters. The number of hydrogen-bond acceptors (Lipinski definition) is 2. The lowest BCUT2D eigenvalue weighted by Gasteiger charge is -2.06. The molecule has 2 aromatic rings. The smallest absolute Gasteiger partial charge is 0.178 e. The van der Waals surface area contributed by atoms with Crippen molar-refractivity contribution in [2.45, 2.75) is 76.2 Å². The van der Waals surface area contributed by atoms with Gasteiger partial charge in [0.1, 0.15) is 0 Å². The number of unbranched alkanes of at least 4 members (excludes halogenated alkanes) is 8. The van der Waals surface area contributed by atoms with Crippen molar-refractivity contribution in [1.82, 2.24) is 4.57 Å². The van der Waals surface area contributed by atoms with E-state index >= 15 is 0 Å². The fourth-order valence-electron chi connectivity index (χ4n) is 3.21. The monoisotopic (exact) mass is 375 g/mol. The van der Waals surface area contributed by atoms with Crippen LogP contribution >= 0.6 is 0 Å². The van der Waals surface area contributed by atoms with Crippen molar-refractivity contribution >= 4 is 9.84 Å². The third-order valence-electron chi connectivity index (χ3n) is 4.88. The van der Waals surface area contributed by atoms with E-state index in [-0.39, 0.29) is 5.75 Å². The van der Waals surface area contributed by atoms with E-state index in [1.807, 2.05) is 19.1 Å². The van der Waals surface area contributed by atoms with Gasteiger partial charge >= 0.3 is 0 Å². The van der Waals surface area contributed by atoms with Gasteiger partial charge in [0, 0.05) is 18.9 Å². The Kier molecular flexibility index (Phi) is 8.96. The topological polar surface area (TPSA) is 39.1 Å². The molecule has 0 aliphatic carbocycles. The Morgan fingerprint density at radius 2 is 1.23 bits per heavy atom. The van der Waals surface area contributed by atoms with Crippen LogP contribution in [0.15, 0.2) is 53.7 Å². The number of aromatic nitrogens is 1. The molecular formula is C22H33NO2S. The molecule has 4 heteroatoms. The zero-order valence-corrected chi connectivity index (χ0v) is 16.9. The van der Waals surface area contributed by atoms with Crippen LogP contribution in [0.4, 0.5) is 0 Å². The van der Waals surface area contributed by atoms with E-state index in [0.29, 0.717) is 4.90 Å². The SMILES string of the molecule is Cc1ccc(S(=O)(=O)CCCCCCCCCCCn2cccc2)cc1. The highest BCUT2D eigenvalue weighted by Crippen LogP contribution is 2.15. The lowest BCUT2D eigenvalue weighted by atomic mass is 10.1. The number of aryl methyl sites for hydroxylation is 2. The first-order valence-corrected chi connectivity index (χ1v) is 11.6. The molecule has 1 aromatic heterocycles. The average molecular weight is 376 g/mol. The normalized spacial score (nSPS) is 11.7. The quantitative estimate of drug-likeness (QED) is 0.416. The van der Waals surface area contributed by atoms with Crippen LogP contribution in [0.1, 0.15) is 63.4 Å². The molecule has 0 aliphatic rings. The van der Waals surface area contributed by atoms with Gasteiger partial charge in [-0.1, -0.05) is 62.6 Å². The Labute approximate surface area is 159 Å². The summed E-state index contributed by atoms with van der Waals surface area (Å²) in [5.74, 6) is 0.273. The Morgan fingerprint density at radius 3 is 1.81 bits per heavy atom. The molecule has 0 amide bonds. The molecule has 1 aromatic carbocycles. The van der Waals surface area contributed by atoms with Crippen LogP contribution in [0.2, 0.25) is 0 Å². The summed E-state index contributed by atoms with van der Waals surface area (Å²) in [6.07, 6.45) is 14.8. The van der Waals surface area contributed by atoms with Gasteiger partial charge in [0.25, 0.3) is 0 Å². The summed E-state index contributed by atoms with van der Waals surface area (Å²) in [6.45, 7) is 3.10. The lowest BCUT2D eigenvalue weighted by Crippen LogP contribution is -2.06. The fourth-order valence-corrected chi connectivity index (χ4v) is 4.58. The summed E-state index contributed by atoms with van der Waals surface area (Å²) in [5.41, 5.74) is 1.09. The maximum absolute atomic E-state index is 12.3. The molecule has 0 N–H and O–H groups in total. The van der Waals surface area contributed by atoms with E-state index in [2.05, 4.69) is 29.1 Å². The Balaban J connectivity index is 1.44. The molecule has 2 rings (SSSR count). The summed E-state index contributed by atoms with van der Waals surface area (Å²) in [5, 5.41) is 0. The van der Waals surface area contributed by atoms with E-state index in [9.17, 15) is 8.42 Å². The molecule has 0 fully saturated rings. The minimum Gasteiger partial charge on any atom is -0.354 e. The van der Waals surface area contributed by atoms with Gasteiger partial charge in [-0.2, -0.15) is 0 Å². The third-order valence-corrected chi connectivity index (χ3v) is 6.69.